The van der Waals surface area contributed by atoms with Gasteiger partial charge in [-0.15, -0.1) is 0 Å². The van der Waals surface area contributed by atoms with E-state index in [-0.39, 0.29) is 30.7 Å². The van der Waals surface area contributed by atoms with Crippen LogP contribution in [0.5, 0.6) is 0 Å². The van der Waals surface area contributed by atoms with E-state index in [0.717, 1.165) is 34.3 Å². The minimum absolute atomic E-state index is 0.0267. The normalized spacial score (nSPS) is 24.5. The van der Waals surface area contributed by atoms with Crippen LogP contribution in [0.4, 0.5) is 0 Å². The molecule has 10 heteroatoms. The summed E-state index contributed by atoms with van der Waals surface area (Å²) in [5, 5.41) is 4.05. The van der Waals surface area contributed by atoms with Crippen LogP contribution in [0.25, 0.3) is 22.2 Å². The second-order valence-corrected chi connectivity index (χ2v) is 14.1. The van der Waals surface area contributed by atoms with E-state index >= 15 is 0 Å². The molecular weight excluding hydrogens is 608 g/mol. The van der Waals surface area contributed by atoms with Gasteiger partial charge in [-0.3, -0.25) is 14.4 Å². The lowest BCUT2D eigenvalue weighted by Gasteiger charge is -2.56. The molecule has 8 rings (SSSR count). The maximum Gasteiger partial charge on any atom is 0.228 e. The quantitative estimate of drug-likeness (QED) is 0.237. The first-order chi connectivity index (χ1) is 23.5. The van der Waals surface area contributed by atoms with E-state index in [2.05, 4.69) is 28.5 Å². The largest absolute Gasteiger partial charge is 0.467 e. The van der Waals surface area contributed by atoms with Crippen LogP contribution in [0.3, 0.4) is 0 Å². The molecule has 3 aliphatic heterocycles. The number of nitrogens with zero attached hydrogens (tertiary/aromatic N) is 2. The fraction of sp³-hybridized carbons (Fsp3) is 0.500. The van der Waals surface area contributed by atoms with Gasteiger partial charge in [0.05, 0.1) is 43.7 Å². The van der Waals surface area contributed by atoms with Crippen molar-refractivity contribution in [2.75, 3.05) is 32.8 Å². The number of rotatable bonds is 9. The van der Waals surface area contributed by atoms with Crippen molar-refractivity contribution in [3.63, 3.8) is 0 Å². The second-order valence-electron chi connectivity index (χ2n) is 14.1. The molecule has 252 valence electrons. The Bertz CT molecular complexity index is 1770. The highest BCUT2D eigenvalue weighted by Crippen LogP contribution is 2.54. The van der Waals surface area contributed by atoms with Crippen molar-refractivity contribution in [1.29, 1.82) is 0 Å². The van der Waals surface area contributed by atoms with E-state index < -0.39 is 17.4 Å². The van der Waals surface area contributed by atoms with Gasteiger partial charge in [-0.1, -0.05) is 37.8 Å². The molecule has 0 bridgehead atoms. The lowest BCUT2D eigenvalue weighted by molar-refractivity contribution is -0.169. The Morgan fingerprint density at radius 2 is 1.81 bits per heavy atom. The highest BCUT2D eigenvalue weighted by molar-refractivity contribution is 5.94. The summed E-state index contributed by atoms with van der Waals surface area (Å²) < 4.78 is 16.7. The predicted octanol–water partition coefficient (Wildman–Crippen LogP) is 5.77. The van der Waals surface area contributed by atoms with Gasteiger partial charge in [-0.05, 0) is 67.5 Å². The molecule has 2 saturated heterocycles. The molecule has 10 nitrogen and oxygen atoms in total. The number of amides is 3. The summed E-state index contributed by atoms with van der Waals surface area (Å²) in [4.78, 5) is 50.5. The van der Waals surface area contributed by atoms with Crippen LogP contribution >= 0.6 is 0 Å². The molecule has 4 aromatic rings. The summed E-state index contributed by atoms with van der Waals surface area (Å²) >= 11 is 0. The molecule has 0 unspecified atom stereocenters. The minimum atomic E-state index is -0.826. The molecule has 1 saturated carbocycles. The van der Waals surface area contributed by atoms with Crippen LogP contribution in [-0.4, -0.2) is 65.4 Å². The van der Waals surface area contributed by atoms with Crippen molar-refractivity contribution in [1.82, 2.24) is 20.1 Å². The van der Waals surface area contributed by atoms with Gasteiger partial charge in [-0.2, -0.15) is 0 Å². The smallest absolute Gasteiger partial charge is 0.228 e. The van der Waals surface area contributed by atoms with Crippen LogP contribution in [0.2, 0.25) is 0 Å². The molecule has 3 amide bonds. The zero-order valence-electron chi connectivity index (χ0n) is 27.4. The van der Waals surface area contributed by atoms with E-state index in [9.17, 15) is 14.4 Å². The highest BCUT2D eigenvalue weighted by Gasteiger charge is 2.59. The first-order valence-corrected chi connectivity index (χ1v) is 17.7. The fourth-order valence-electron chi connectivity index (χ4n) is 9.04. The summed E-state index contributed by atoms with van der Waals surface area (Å²) in [5.41, 5.74) is 3.33. The zero-order chi connectivity index (χ0) is 32.7. The Balaban J connectivity index is 1.20. The number of fused-ring (bicyclic) bond motifs is 5. The molecular formula is C38H44N4O6. The van der Waals surface area contributed by atoms with Gasteiger partial charge >= 0.3 is 0 Å². The Labute approximate surface area is 280 Å². The number of furan rings is 2. The van der Waals surface area contributed by atoms with Gasteiger partial charge in [0.15, 0.2) is 0 Å². The third-order valence-corrected chi connectivity index (χ3v) is 11.4. The third kappa shape index (κ3) is 5.53. The number of ether oxygens (including phenoxy) is 1. The van der Waals surface area contributed by atoms with Gasteiger partial charge in [0.1, 0.15) is 11.5 Å². The zero-order valence-corrected chi connectivity index (χ0v) is 27.4. The van der Waals surface area contributed by atoms with E-state index in [1.165, 1.54) is 31.2 Å². The average Bonchev–Trinajstić information content (AvgIpc) is 3.95. The predicted molar refractivity (Wildman–Crippen MR) is 178 cm³/mol. The number of hydrogen-bond donors (Lipinski definition) is 2. The number of nitrogens with one attached hydrogen (secondary N) is 2. The van der Waals surface area contributed by atoms with Crippen molar-refractivity contribution >= 4 is 28.6 Å². The monoisotopic (exact) mass is 652 g/mol. The van der Waals surface area contributed by atoms with Crippen LogP contribution in [0.15, 0.2) is 63.8 Å². The van der Waals surface area contributed by atoms with Gasteiger partial charge in [0, 0.05) is 54.1 Å². The number of aromatic nitrogens is 1. The van der Waals surface area contributed by atoms with Crippen LogP contribution in [0.1, 0.15) is 68.4 Å². The van der Waals surface area contributed by atoms with Crippen molar-refractivity contribution in [3.05, 3.63) is 72.0 Å². The van der Waals surface area contributed by atoms with E-state index in [1.54, 1.807) is 18.6 Å². The van der Waals surface area contributed by atoms with Crippen molar-refractivity contribution in [2.24, 2.45) is 17.8 Å². The molecule has 3 atom stereocenters. The van der Waals surface area contributed by atoms with E-state index in [1.807, 2.05) is 28.0 Å². The van der Waals surface area contributed by atoms with Crippen LogP contribution < -0.4 is 5.32 Å². The molecule has 3 fully saturated rings. The maximum absolute atomic E-state index is 14.9. The number of aromatic amines is 1. The molecule has 6 heterocycles. The number of carbonyl (C=O) groups excluding carboxylic acids is 3. The average molecular weight is 653 g/mol. The topological polar surface area (TPSA) is 121 Å². The summed E-state index contributed by atoms with van der Waals surface area (Å²) in [6.07, 6.45) is 10.8. The molecule has 1 aliphatic carbocycles. The summed E-state index contributed by atoms with van der Waals surface area (Å²) in [7, 11) is 0. The summed E-state index contributed by atoms with van der Waals surface area (Å²) in [6.45, 7) is 2.84. The van der Waals surface area contributed by atoms with E-state index in [0.29, 0.717) is 63.8 Å². The lowest BCUT2D eigenvalue weighted by Crippen LogP contribution is -2.66. The lowest BCUT2D eigenvalue weighted by atomic mass is 9.64. The second kappa shape index (κ2) is 13.0. The number of carbonyl (C=O) groups is 3. The van der Waals surface area contributed by atoms with Crippen LogP contribution in [-0.2, 0) is 37.6 Å². The number of morpholine rings is 1. The SMILES string of the molecule is O=C(C[C@H]1C[C@H](C(=O)N2CCOCC2)[C@@]2(CCC3CCCC3)c3[nH]c4cc(-c5ccco5)ccc4c3CCN2C1=O)NCc1ccco1. The third-order valence-electron chi connectivity index (χ3n) is 11.4. The van der Waals surface area contributed by atoms with Gasteiger partial charge in [-0.25, -0.2) is 0 Å². The molecule has 0 radical (unpaired) electrons. The highest BCUT2D eigenvalue weighted by atomic mass is 16.5. The van der Waals surface area contributed by atoms with Crippen molar-refractivity contribution in [3.8, 4) is 11.3 Å². The molecule has 3 aromatic heterocycles. The molecule has 2 N–H and O–H groups in total. The summed E-state index contributed by atoms with van der Waals surface area (Å²) in [5.74, 6) is 0.773. The fourth-order valence-corrected chi connectivity index (χ4v) is 9.04. The number of H-pyrrole nitrogens is 1. The Morgan fingerprint density at radius 1 is 1.00 bits per heavy atom. The van der Waals surface area contributed by atoms with Crippen molar-refractivity contribution < 1.29 is 28.0 Å². The first kappa shape index (κ1) is 31.0. The summed E-state index contributed by atoms with van der Waals surface area (Å²) in [6, 6.07) is 13.8. The van der Waals surface area contributed by atoms with Crippen molar-refractivity contribution in [2.45, 2.75) is 69.9 Å². The number of hydrogen-bond acceptors (Lipinski definition) is 6. The first-order valence-electron chi connectivity index (χ1n) is 17.7. The Morgan fingerprint density at radius 3 is 2.58 bits per heavy atom. The van der Waals surface area contributed by atoms with Gasteiger partial charge in [0.2, 0.25) is 17.7 Å². The molecule has 0 spiro atoms. The van der Waals surface area contributed by atoms with Gasteiger partial charge in [0.25, 0.3) is 0 Å². The standard InChI is InChI=1S/C38H44N4O6/c43-34(39-24-28-7-3-17-47-28)23-27-21-31(37(45)41-15-19-46-20-16-41)38(13-11-25-5-1-2-6-25)35-30(12-14-42(38)36(27)44)29-10-9-26(22-32(29)40-35)33-8-4-18-48-33/h3-4,7-10,17-18,22,25,27,31,40H,1-2,5-6,11-16,19-21,23-24H2,(H,39,43)/t27-,31-,38+/m1/s1. The minimum Gasteiger partial charge on any atom is -0.467 e. The Hall–Kier alpha value is -4.31. The van der Waals surface area contributed by atoms with Crippen LogP contribution in [0, 0.1) is 17.8 Å². The van der Waals surface area contributed by atoms with E-state index in [4.69, 9.17) is 13.6 Å². The van der Waals surface area contributed by atoms with Gasteiger partial charge < -0.3 is 33.7 Å². The molecule has 4 aliphatic rings. The molecule has 48 heavy (non-hydrogen) atoms. The molecule has 1 aromatic carbocycles. The number of piperidine rings is 1. The Kier molecular flexibility index (Phi) is 8.36. The maximum atomic E-state index is 14.9. The number of benzene rings is 1.